The summed E-state index contributed by atoms with van der Waals surface area (Å²) in [6, 6.07) is 3.93. The fourth-order valence-electron chi connectivity index (χ4n) is 1.62. The second kappa shape index (κ2) is 6.73. The van der Waals surface area contributed by atoms with E-state index in [1.165, 1.54) is 0 Å². The molecule has 0 radical (unpaired) electrons. The maximum Gasteiger partial charge on any atom is 0.140 e. The number of pyridine rings is 1. The first-order chi connectivity index (χ1) is 8.13. The zero-order chi connectivity index (χ0) is 12.7. The van der Waals surface area contributed by atoms with Crippen LogP contribution in [0.25, 0.3) is 0 Å². The Balaban J connectivity index is 2.67. The Morgan fingerprint density at radius 2 is 2.12 bits per heavy atom. The summed E-state index contributed by atoms with van der Waals surface area (Å²) in [5.74, 6) is 0.809. The molecule has 5 heteroatoms. The van der Waals surface area contributed by atoms with Crippen LogP contribution in [0.4, 0.5) is 5.69 Å². The van der Waals surface area contributed by atoms with Crippen LogP contribution >= 0.6 is 0 Å². The first kappa shape index (κ1) is 13.3. The first-order valence-electron chi connectivity index (χ1n) is 5.75. The van der Waals surface area contributed by atoms with E-state index in [2.05, 4.69) is 28.9 Å². The number of hydrogen-bond acceptors (Lipinski definition) is 4. The normalized spacial score (nSPS) is 11.8. The van der Waals surface area contributed by atoms with Gasteiger partial charge in [0.1, 0.15) is 5.84 Å². The van der Waals surface area contributed by atoms with Crippen molar-refractivity contribution in [3.05, 3.63) is 24.5 Å². The van der Waals surface area contributed by atoms with Crippen molar-refractivity contribution in [2.45, 2.75) is 20.3 Å². The van der Waals surface area contributed by atoms with Crippen LogP contribution in [0.15, 0.2) is 29.7 Å². The second-order valence-electron chi connectivity index (χ2n) is 4.39. The van der Waals surface area contributed by atoms with Crippen LogP contribution in [0.3, 0.4) is 0 Å². The van der Waals surface area contributed by atoms with Crippen molar-refractivity contribution in [2.24, 2.45) is 16.8 Å². The summed E-state index contributed by atoms with van der Waals surface area (Å²) in [5.41, 5.74) is 6.60. The standard InChI is InChI=1S/C12H20N4O/c1-10(2)9-16(8-5-12(13)15-17)11-3-6-14-7-4-11/h3-4,6-7,10,17H,5,8-9H2,1-2H3,(H2,13,15). The van der Waals surface area contributed by atoms with Crippen molar-refractivity contribution >= 4 is 11.5 Å². The monoisotopic (exact) mass is 236 g/mol. The highest BCUT2D eigenvalue weighted by Crippen LogP contribution is 2.14. The third-order valence-electron chi connectivity index (χ3n) is 2.38. The van der Waals surface area contributed by atoms with E-state index in [1.807, 2.05) is 12.1 Å². The predicted octanol–water partition coefficient (Wildman–Crippen LogP) is 1.68. The average Bonchev–Trinajstić information content (AvgIpc) is 2.34. The highest BCUT2D eigenvalue weighted by atomic mass is 16.4. The summed E-state index contributed by atoms with van der Waals surface area (Å²) in [5, 5.41) is 11.5. The van der Waals surface area contributed by atoms with Crippen LogP contribution in [-0.2, 0) is 0 Å². The van der Waals surface area contributed by atoms with Gasteiger partial charge >= 0.3 is 0 Å². The number of oxime groups is 1. The van der Waals surface area contributed by atoms with E-state index < -0.39 is 0 Å². The van der Waals surface area contributed by atoms with E-state index in [0.29, 0.717) is 12.3 Å². The molecule has 0 aliphatic heterocycles. The van der Waals surface area contributed by atoms with Crippen molar-refractivity contribution in [1.82, 2.24) is 4.98 Å². The van der Waals surface area contributed by atoms with Crippen molar-refractivity contribution in [1.29, 1.82) is 0 Å². The number of nitrogens with zero attached hydrogens (tertiary/aromatic N) is 3. The summed E-state index contributed by atoms with van der Waals surface area (Å²) in [6.45, 7) is 6.00. The minimum Gasteiger partial charge on any atom is -0.409 e. The Labute approximate surface area is 102 Å². The molecule has 17 heavy (non-hydrogen) atoms. The number of anilines is 1. The van der Waals surface area contributed by atoms with Gasteiger partial charge in [-0.1, -0.05) is 19.0 Å². The third kappa shape index (κ3) is 4.72. The molecule has 0 bridgehead atoms. The van der Waals surface area contributed by atoms with Gasteiger partial charge in [-0.15, -0.1) is 0 Å². The molecule has 0 aromatic carbocycles. The number of amidine groups is 1. The molecule has 5 nitrogen and oxygen atoms in total. The minimum atomic E-state index is 0.257. The fourth-order valence-corrected chi connectivity index (χ4v) is 1.62. The van der Waals surface area contributed by atoms with Crippen LogP contribution < -0.4 is 10.6 Å². The molecular formula is C12H20N4O. The SMILES string of the molecule is CC(C)CN(CCC(N)=NO)c1ccncc1. The quantitative estimate of drug-likeness (QED) is 0.341. The minimum absolute atomic E-state index is 0.257. The van der Waals surface area contributed by atoms with Crippen molar-refractivity contribution in [2.75, 3.05) is 18.0 Å². The molecule has 0 fully saturated rings. The molecule has 0 atom stereocenters. The lowest BCUT2D eigenvalue weighted by Crippen LogP contribution is -2.31. The molecule has 0 saturated carbocycles. The van der Waals surface area contributed by atoms with Crippen molar-refractivity contribution < 1.29 is 5.21 Å². The van der Waals surface area contributed by atoms with E-state index in [1.54, 1.807) is 12.4 Å². The number of hydrogen-bond donors (Lipinski definition) is 2. The smallest absolute Gasteiger partial charge is 0.140 e. The number of aromatic nitrogens is 1. The van der Waals surface area contributed by atoms with E-state index in [-0.39, 0.29) is 5.84 Å². The molecule has 1 aromatic heterocycles. The van der Waals surface area contributed by atoms with Gasteiger partial charge in [0.2, 0.25) is 0 Å². The number of nitrogens with two attached hydrogens (primary N) is 1. The van der Waals surface area contributed by atoms with Crippen LogP contribution in [0.1, 0.15) is 20.3 Å². The predicted molar refractivity (Wildman–Crippen MR) is 69.3 cm³/mol. The Morgan fingerprint density at radius 3 is 2.65 bits per heavy atom. The molecular weight excluding hydrogens is 216 g/mol. The molecule has 0 amide bonds. The molecule has 0 aliphatic rings. The van der Waals surface area contributed by atoms with Gasteiger partial charge in [-0.05, 0) is 18.1 Å². The molecule has 0 saturated heterocycles. The largest absolute Gasteiger partial charge is 0.409 e. The lowest BCUT2D eigenvalue weighted by atomic mass is 10.2. The van der Waals surface area contributed by atoms with Crippen molar-refractivity contribution in [3.63, 3.8) is 0 Å². The molecule has 3 N–H and O–H groups in total. The van der Waals surface area contributed by atoms with Gasteiger partial charge in [-0.25, -0.2) is 0 Å². The summed E-state index contributed by atoms with van der Waals surface area (Å²) in [6.07, 6.45) is 4.09. The van der Waals surface area contributed by atoms with Gasteiger partial charge in [0, 0.05) is 37.6 Å². The van der Waals surface area contributed by atoms with Crippen LogP contribution in [0.5, 0.6) is 0 Å². The highest BCUT2D eigenvalue weighted by Gasteiger charge is 2.09. The lowest BCUT2D eigenvalue weighted by molar-refractivity contribution is 0.317. The summed E-state index contributed by atoms with van der Waals surface area (Å²) < 4.78 is 0. The van der Waals surface area contributed by atoms with Crippen LogP contribution in [0, 0.1) is 5.92 Å². The van der Waals surface area contributed by atoms with Crippen LogP contribution in [0.2, 0.25) is 0 Å². The highest BCUT2D eigenvalue weighted by molar-refractivity contribution is 5.80. The zero-order valence-electron chi connectivity index (χ0n) is 10.4. The summed E-state index contributed by atoms with van der Waals surface area (Å²) >= 11 is 0. The Morgan fingerprint density at radius 1 is 1.47 bits per heavy atom. The van der Waals surface area contributed by atoms with Gasteiger partial charge in [0.15, 0.2) is 0 Å². The average molecular weight is 236 g/mol. The maximum absolute atomic E-state index is 8.53. The van der Waals surface area contributed by atoms with Crippen LogP contribution in [-0.4, -0.2) is 29.1 Å². The molecule has 1 heterocycles. The fraction of sp³-hybridized carbons (Fsp3) is 0.500. The Hall–Kier alpha value is -1.78. The lowest BCUT2D eigenvalue weighted by Gasteiger charge is -2.26. The molecule has 0 unspecified atom stereocenters. The van der Waals surface area contributed by atoms with Gasteiger partial charge in [-0.2, -0.15) is 0 Å². The molecule has 94 valence electrons. The van der Waals surface area contributed by atoms with E-state index in [4.69, 9.17) is 10.9 Å². The Bertz CT molecular complexity index is 351. The van der Waals surface area contributed by atoms with E-state index in [0.717, 1.165) is 18.8 Å². The zero-order valence-corrected chi connectivity index (χ0v) is 10.4. The van der Waals surface area contributed by atoms with E-state index >= 15 is 0 Å². The number of rotatable bonds is 6. The van der Waals surface area contributed by atoms with Gasteiger partial charge in [0.05, 0.1) is 0 Å². The third-order valence-corrected chi connectivity index (χ3v) is 2.38. The molecule has 1 aromatic rings. The summed E-state index contributed by atoms with van der Waals surface area (Å²) in [7, 11) is 0. The maximum atomic E-state index is 8.53. The molecule has 0 spiro atoms. The van der Waals surface area contributed by atoms with Gasteiger partial charge in [0.25, 0.3) is 0 Å². The summed E-state index contributed by atoms with van der Waals surface area (Å²) in [4.78, 5) is 6.22. The van der Waals surface area contributed by atoms with Gasteiger partial charge in [-0.3, -0.25) is 4.98 Å². The first-order valence-corrected chi connectivity index (χ1v) is 5.75. The molecule has 1 rings (SSSR count). The van der Waals surface area contributed by atoms with E-state index in [9.17, 15) is 0 Å². The Kier molecular flexibility index (Phi) is 5.26. The topological polar surface area (TPSA) is 74.7 Å². The van der Waals surface area contributed by atoms with Crippen molar-refractivity contribution in [3.8, 4) is 0 Å². The molecule has 0 aliphatic carbocycles. The van der Waals surface area contributed by atoms with Gasteiger partial charge < -0.3 is 15.8 Å². The second-order valence-corrected chi connectivity index (χ2v) is 4.39.